The third-order valence-electron chi connectivity index (χ3n) is 2.31. The number of carbonyl (C=O) groups excluding carboxylic acids is 1. The molecule has 2 rings (SSSR count). The Hall–Kier alpha value is -1.56. The van der Waals surface area contributed by atoms with E-state index in [4.69, 9.17) is 4.74 Å². The molecule has 0 aromatic heterocycles. The standard InChI is InChI=1S/C10H8F3NO2/c11-6-2-1-5(9(12)10(6)13)7-3-14-8(15)4-16-7/h1-2,7H,3-4H2,(H,14,15)/t7-/m1/s1. The van der Waals surface area contributed by atoms with E-state index in [1.165, 1.54) is 0 Å². The van der Waals surface area contributed by atoms with Crippen LogP contribution in [0.1, 0.15) is 11.7 Å². The molecule has 6 heteroatoms. The zero-order valence-corrected chi connectivity index (χ0v) is 8.10. The van der Waals surface area contributed by atoms with E-state index >= 15 is 0 Å². The van der Waals surface area contributed by atoms with Crippen LogP contribution in [-0.2, 0) is 9.53 Å². The largest absolute Gasteiger partial charge is 0.362 e. The summed E-state index contributed by atoms with van der Waals surface area (Å²) >= 11 is 0. The van der Waals surface area contributed by atoms with Crippen LogP contribution in [0.3, 0.4) is 0 Å². The molecule has 1 amide bonds. The summed E-state index contributed by atoms with van der Waals surface area (Å²) in [5.74, 6) is -4.38. The van der Waals surface area contributed by atoms with Gasteiger partial charge in [0.05, 0.1) is 0 Å². The van der Waals surface area contributed by atoms with Crippen LogP contribution in [0.5, 0.6) is 0 Å². The Bertz CT molecular complexity index is 426. The Balaban J connectivity index is 2.27. The minimum Gasteiger partial charge on any atom is -0.362 e. The second kappa shape index (κ2) is 4.13. The van der Waals surface area contributed by atoms with Gasteiger partial charge in [0.2, 0.25) is 5.91 Å². The van der Waals surface area contributed by atoms with Gasteiger partial charge in [-0.1, -0.05) is 6.07 Å². The van der Waals surface area contributed by atoms with E-state index in [-0.39, 0.29) is 24.6 Å². The van der Waals surface area contributed by atoms with E-state index in [1.807, 2.05) is 0 Å². The average Bonchev–Trinajstić information content (AvgIpc) is 2.28. The van der Waals surface area contributed by atoms with Gasteiger partial charge in [-0.3, -0.25) is 4.79 Å². The van der Waals surface area contributed by atoms with Gasteiger partial charge in [0.25, 0.3) is 0 Å². The number of carbonyl (C=O) groups is 1. The molecular weight excluding hydrogens is 223 g/mol. The fraction of sp³-hybridized carbons (Fsp3) is 0.300. The van der Waals surface area contributed by atoms with Gasteiger partial charge in [0, 0.05) is 12.1 Å². The minimum atomic E-state index is -1.53. The highest BCUT2D eigenvalue weighted by Gasteiger charge is 2.25. The molecule has 0 spiro atoms. The Morgan fingerprint density at radius 2 is 2.00 bits per heavy atom. The van der Waals surface area contributed by atoms with Gasteiger partial charge < -0.3 is 10.1 Å². The van der Waals surface area contributed by atoms with Crippen molar-refractivity contribution in [2.45, 2.75) is 6.10 Å². The molecule has 1 atom stereocenters. The van der Waals surface area contributed by atoms with Crippen LogP contribution in [0.2, 0.25) is 0 Å². The number of hydrogen-bond acceptors (Lipinski definition) is 2. The number of morpholine rings is 1. The molecule has 0 aliphatic carbocycles. The predicted octanol–water partition coefficient (Wildman–Crippen LogP) is 1.29. The van der Waals surface area contributed by atoms with Crippen molar-refractivity contribution in [3.63, 3.8) is 0 Å². The Labute approximate surface area is 89.2 Å². The highest BCUT2D eigenvalue weighted by atomic mass is 19.2. The summed E-state index contributed by atoms with van der Waals surface area (Å²) in [6.45, 7) is -0.177. The van der Waals surface area contributed by atoms with Crippen LogP contribution >= 0.6 is 0 Å². The third kappa shape index (κ3) is 1.88. The van der Waals surface area contributed by atoms with Gasteiger partial charge in [-0.25, -0.2) is 13.2 Å². The van der Waals surface area contributed by atoms with Gasteiger partial charge in [-0.2, -0.15) is 0 Å². The lowest BCUT2D eigenvalue weighted by molar-refractivity contribution is -0.133. The number of ether oxygens (including phenoxy) is 1. The summed E-state index contributed by atoms with van der Waals surface area (Å²) < 4.78 is 43.9. The fourth-order valence-electron chi connectivity index (χ4n) is 1.48. The van der Waals surface area contributed by atoms with E-state index in [9.17, 15) is 18.0 Å². The minimum absolute atomic E-state index is 0.0425. The number of halogens is 3. The summed E-state index contributed by atoms with van der Waals surface area (Å²) in [7, 11) is 0. The molecule has 0 radical (unpaired) electrons. The monoisotopic (exact) mass is 231 g/mol. The lowest BCUT2D eigenvalue weighted by Crippen LogP contribution is -2.39. The number of rotatable bonds is 1. The third-order valence-corrected chi connectivity index (χ3v) is 2.31. The quantitative estimate of drug-likeness (QED) is 0.739. The molecule has 86 valence electrons. The van der Waals surface area contributed by atoms with Crippen molar-refractivity contribution in [1.82, 2.24) is 5.32 Å². The van der Waals surface area contributed by atoms with Crippen molar-refractivity contribution in [2.24, 2.45) is 0 Å². The van der Waals surface area contributed by atoms with E-state index in [0.29, 0.717) is 0 Å². The van der Waals surface area contributed by atoms with Crippen molar-refractivity contribution in [3.8, 4) is 0 Å². The van der Waals surface area contributed by atoms with Crippen LogP contribution in [0.25, 0.3) is 0 Å². The highest BCUT2D eigenvalue weighted by molar-refractivity contribution is 5.77. The molecule has 0 unspecified atom stereocenters. The smallest absolute Gasteiger partial charge is 0.246 e. The van der Waals surface area contributed by atoms with Crippen LogP contribution in [0, 0.1) is 17.5 Å². The zero-order valence-electron chi connectivity index (χ0n) is 8.10. The summed E-state index contributed by atoms with van der Waals surface area (Å²) in [6.07, 6.45) is -0.784. The number of hydrogen-bond donors (Lipinski definition) is 1. The average molecular weight is 231 g/mol. The number of amides is 1. The molecule has 1 aliphatic heterocycles. The maximum Gasteiger partial charge on any atom is 0.246 e. The normalized spacial score (nSPS) is 20.7. The lowest BCUT2D eigenvalue weighted by Gasteiger charge is -2.23. The summed E-state index contributed by atoms with van der Waals surface area (Å²) in [6, 6.07) is 1.93. The summed E-state index contributed by atoms with van der Waals surface area (Å²) in [4.78, 5) is 10.8. The molecule has 0 bridgehead atoms. The Morgan fingerprint density at radius 3 is 2.62 bits per heavy atom. The first-order valence-corrected chi connectivity index (χ1v) is 4.61. The first kappa shape index (κ1) is 10.9. The Morgan fingerprint density at radius 1 is 1.25 bits per heavy atom. The van der Waals surface area contributed by atoms with E-state index < -0.39 is 23.6 Å². The number of nitrogens with one attached hydrogen (secondary N) is 1. The Kier molecular flexibility index (Phi) is 2.82. The molecule has 16 heavy (non-hydrogen) atoms. The van der Waals surface area contributed by atoms with Crippen molar-refractivity contribution in [2.75, 3.05) is 13.2 Å². The first-order chi connectivity index (χ1) is 7.59. The molecule has 0 saturated carbocycles. The second-order valence-corrected chi connectivity index (χ2v) is 3.37. The molecule has 1 aromatic carbocycles. The fourth-order valence-corrected chi connectivity index (χ4v) is 1.48. The van der Waals surface area contributed by atoms with Gasteiger partial charge in [-0.05, 0) is 6.07 Å². The molecule has 1 saturated heterocycles. The second-order valence-electron chi connectivity index (χ2n) is 3.37. The van der Waals surface area contributed by atoms with Gasteiger partial charge >= 0.3 is 0 Å². The highest BCUT2D eigenvalue weighted by Crippen LogP contribution is 2.24. The van der Waals surface area contributed by atoms with Crippen LogP contribution < -0.4 is 5.32 Å². The maximum atomic E-state index is 13.3. The predicted molar refractivity (Wildman–Crippen MR) is 48.0 cm³/mol. The lowest BCUT2D eigenvalue weighted by atomic mass is 10.1. The first-order valence-electron chi connectivity index (χ1n) is 4.61. The maximum absolute atomic E-state index is 13.3. The van der Waals surface area contributed by atoms with Crippen LogP contribution in [0.4, 0.5) is 13.2 Å². The van der Waals surface area contributed by atoms with Crippen LogP contribution in [0.15, 0.2) is 12.1 Å². The van der Waals surface area contributed by atoms with Gasteiger partial charge in [0.1, 0.15) is 12.7 Å². The van der Waals surface area contributed by atoms with Crippen LogP contribution in [-0.4, -0.2) is 19.1 Å². The summed E-state index contributed by atoms with van der Waals surface area (Å²) in [5.41, 5.74) is -0.0982. The van der Waals surface area contributed by atoms with Gasteiger partial charge in [-0.15, -0.1) is 0 Å². The SMILES string of the molecule is O=C1CO[C@@H](c2ccc(F)c(F)c2F)CN1. The van der Waals surface area contributed by atoms with Crippen molar-refractivity contribution < 1.29 is 22.7 Å². The topological polar surface area (TPSA) is 38.3 Å². The molecule has 1 fully saturated rings. The van der Waals surface area contributed by atoms with Gasteiger partial charge in [0.15, 0.2) is 17.5 Å². The van der Waals surface area contributed by atoms with E-state index in [2.05, 4.69) is 5.32 Å². The number of benzene rings is 1. The molecule has 1 N–H and O–H groups in total. The zero-order chi connectivity index (χ0) is 11.7. The molecule has 1 heterocycles. The van der Waals surface area contributed by atoms with Crippen molar-refractivity contribution in [3.05, 3.63) is 35.1 Å². The molecule has 1 aliphatic rings. The molecule has 1 aromatic rings. The van der Waals surface area contributed by atoms with Crippen molar-refractivity contribution >= 4 is 5.91 Å². The van der Waals surface area contributed by atoms with E-state index in [0.717, 1.165) is 12.1 Å². The summed E-state index contributed by atoms with van der Waals surface area (Å²) in [5, 5.41) is 2.45. The molecule has 3 nitrogen and oxygen atoms in total. The van der Waals surface area contributed by atoms with E-state index in [1.54, 1.807) is 0 Å². The molecular formula is C10H8F3NO2. The van der Waals surface area contributed by atoms with Crippen molar-refractivity contribution in [1.29, 1.82) is 0 Å².